The third-order valence-electron chi connectivity index (χ3n) is 4.18. The Morgan fingerprint density at radius 3 is 2.83 bits per heavy atom. The van der Waals surface area contributed by atoms with Crippen molar-refractivity contribution in [3.63, 3.8) is 0 Å². The molecule has 4 nitrogen and oxygen atoms in total. The molecule has 1 saturated heterocycles. The van der Waals surface area contributed by atoms with Crippen LogP contribution in [0.5, 0.6) is 0 Å². The molecule has 4 heteroatoms. The quantitative estimate of drug-likeness (QED) is 0.620. The normalized spacial score (nSPS) is 18.4. The summed E-state index contributed by atoms with van der Waals surface area (Å²) >= 11 is 0. The Bertz CT molecular complexity index is 602. The number of benzene rings is 1. The molecule has 1 aliphatic heterocycles. The van der Waals surface area contributed by atoms with Gasteiger partial charge in [0.2, 0.25) is 6.41 Å². The number of carbonyl (C=O) groups is 1. The van der Waals surface area contributed by atoms with Gasteiger partial charge in [0.25, 0.3) is 0 Å². The van der Waals surface area contributed by atoms with Crippen molar-refractivity contribution in [1.29, 1.82) is 0 Å². The zero-order chi connectivity index (χ0) is 16.7. The van der Waals surface area contributed by atoms with Crippen molar-refractivity contribution >= 4 is 18.2 Å². The molecule has 1 atom stereocenters. The maximum Gasteiger partial charge on any atom is 0.210 e. The summed E-state index contributed by atoms with van der Waals surface area (Å²) in [5.41, 5.74) is 4.42. The molecule has 1 fully saturated rings. The van der Waals surface area contributed by atoms with Crippen molar-refractivity contribution < 1.29 is 4.79 Å². The maximum atomic E-state index is 11.0. The summed E-state index contributed by atoms with van der Waals surface area (Å²) < 4.78 is 0. The predicted octanol–water partition coefficient (Wildman–Crippen LogP) is 3.36. The van der Waals surface area contributed by atoms with Crippen molar-refractivity contribution in [3.8, 4) is 0 Å². The van der Waals surface area contributed by atoms with E-state index < -0.39 is 0 Å². The highest BCUT2D eigenvalue weighted by molar-refractivity contribution is 5.66. The fourth-order valence-electron chi connectivity index (χ4n) is 2.77. The van der Waals surface area contributed by atoms with Crippen LogP contribution >= 0.6 is 0 Å². The first-order valence-corrected chi connectivity index (χ1v) is 8.03. The van der Waals surface area contributed by atoms with Crippen LogP contribution in [0.2, 0.25) is 0 Å². The van der Waals surface area contributed by atoms with Gasteiger partial charge in [-0.3, -0.25) is 9.79 Å². The summed E-state index contributed by atoms with van der Waals surface area (Å²) in [5, 5.41) is 3.35. The van der Waals surface area contributed by atoms with Gasteiger partial charge in [0.05, 0.1) is 6.04 Å². The first-order chi connectivity index (χ1) is 11.2. The topological polar surface area (TPSA) is 44.7 Å². The first kappa shape index (κ1) is 17.0. The van der Waals surface area contributed by atoms with Crippen LogP contribution in [0.3, 0.4) is 0 Å². The third-order valence-corrected chi connectivity index (χ3v) is 4.18. The number of allylic oxidation sites excluding steroid dienone is 1. The molecule has 1 amide bonds. The molecule has 0 bridgehead atoms. The van der Waals surface area contributed by atoms with E-state index in [4.69, 9.17) is 0 Å². The summed E-state index contributed by atoms with van der Waals surface area (Å²) in [7, 11) is 0. The average Bonchev–Trinajstić information content (AvgIpc) is 3.06. The highest BCUT2D eigenvalue weighted by Crippen LogP contribution is 2.20. The van der Waals surface area contributed by atoms with Gasteiger partial charge in [0.15, 0.2) is 0 Å². The van der Waals surface area contributed by atoms with Crippen molar-refractivity contribution in [1.82, 2.24) is 10.2 Å². The van der Waals surface area contributed by atoms with Gasteiger partial charge in [-0.2, -0.15) is 0 Å². The van der Waals surface area contributed by atoms with Gasteiger partial charge in [0.1, 0.15) is 0 Å². The van der Waals surface area contributed by atoms with Crippen LogP contribution < -0.4 is 5.32 Å². The molecule has 0 spiro atoms. The van der Waals surface area contributed by atoms with E-state index in [1.807, 2.05) is 18.0 Å². The van der Waals surface area contributed by atoms with Crippen LogP contribution in [0, 0.1) is 0 Å². The van der Waals surface area contributed by atoms with Crippen molar-refractivity contribution in [2.75, 3.05) is 6.54 Å². The number of amides is 1. The first-order valence-electron chi connectivity index (χ1n) is 8.03. The zero-order valence-electron chi connectivity index (χ0n) is 14.0. The fraction of sp³-hybridized carbons (Fsp3) is 0.368. The van der Waals surface area contributed by atoms with E-state index in [9.17, 15) is 4.79 Å². The Labute approximate surface area is 138 Å². The van der Waals surface area contributed by atoms with Gasteiger partial charge < -0.3 is 10.2 Å². The lowest BCUT2D eigenvalue weighted by atomic mass is 10.1. The van der Waals surface area contributed by atoms with Crippen LogP contribution in [-0.2, 0) is 11.3 Å². The predicted molar refractivity (Wildman–Crippen MR) is 96.0 cm³/mol. The second-order valence-corrected chi connectivity index (χ2v) is 5.80. The number of aliphatic imine (C=N–C) groups is 1. The average molecular weight is 311 g/mol. The molecule has 1 heterocycles. The van der Waals surface area contributed by atoms with Gasteiger partial charge in [0, 0.05) is 31.2 Å². The molecule has 1 aliphatic rings. The molecule has 0 saturated carbocycles. The lowest BCUT2D eigenvalue weighted by Gasteiger charge is -2.23. The molecule has 1 aromatic carbocycles. The van der Waals surface area contributed by atoms with Crippen LogP contribution in [0.25, 0.3) is 5.57 Å². The highest BCUT2D eigenvalue weighted by Gasteiger charge is 2.25. The Morgan fingerprint density at radius 2 is 2.17 bits per heavy atom. The molecule has 122 valence electrons. The van der Waals surface area contributed by atoms with Crippen LogP contribution in [0.15, 0.2) is 47.7 Å². The molecular formula is C19H25N3O. The zero-order valence-corrected chi connectivity index (χ0v) is 14.0. The van der Waals surface area contributed by atoms with Gasteiger partial charge in [-0.15, -0.1) is 0 Å². The van der Waals surface area contributed by atoms with Crippen molar-refractivity contribution in [2.24, 2.45) is 4.99 Å². The minimum absolute atomic E-state index is 0.129. The van der Waals surface area contributed by atoms with E-state index in [-0.39, 0.29) is 6.04 Å². The van der Waals surface area contributed by atoms with E-state index in [1.165, 1.54) is 11.1 Å². The van der Waals surface area contributed by atoms with Gasteiger partial charge >= 0.3 is 0 Å². The Morgan fingerprint density at radius 1 is 1.43 bits per heavy atom. The van der Waals surface area contributed by atoms with Crippen LogP contribution in [0.1, 0.15) is 37.8 Å². The molecule has 2 rings (SSSR count). The molecule has 0 aliphatic carbocycles. The number of rotatable bonds is 7. The number of nitrogens with zero attached hydrogens (tertiary/aromatic N) is 2. The van der Waals surface area contributed by atoms with Crippen molar-refractivity contribution in [2.45, 2.75) is 39.3 Å². The summed E-state index contributed by atoms with van der Waals surface area (Å²) in [6.45, 7) is 9.60. The van der Waals surface area contributed by atoms with E-state index in [1.54, 1.807) is 6.21 Å². The molecule has 23 heavy (non-hydrogen) atoms. The summed E-state index contributed by atoms with van der Waals surface area (Å²) in [4.78, 5) is 17.0. The molecular weight excluding hydrogens is 286 g/mol. The Kier molecular flexibility index (Phi) is 6.15. The smallest absolute Gasteiger partial charge is 0.210 e. The minimum atomic E-state index is 0.129. The number of hydrogen-bond donors (Lipinski definition) is 1. The van der Waals surface area contributed by atoms with E-state index in [2.05, 4.69) is 48.1 Å². The lowest BCUT2D eigenvalue weighted by Crippen LogP contribution is -2.34. The third kappa shape index (κ3) is 4.55. The van der Waals surface area contributed by atoms with E-state index in [0.29, 0.717) is 0 Å². The molecule has 1 unspecified atom stereocenters. The number of hydrogen-bond acceptors (Lipinski definition) is 3. The maximum absolute atomic E-state index is 11.0. The van der Waals surface area contributed by atoms with Gasteiger partial charge in [-0.05, 0) is 43.4 Å². The molecule has 1 aromatic rings. The molecule has 1 N–H and O–H groups in total. The van der Waals surface area contributed by atoms with Crippen LogP contribution in [0.4, 0.5) is 0 Å². The SMILES string of the molecule is C=C(NCc1ccc(/C(C)=C/N=CC)cc1)C1CCCN1C=O. The minimum Gasteiger partial charge on any atom is -0.383 e. The fourth-order valence-corrected chi connectivity index (χ4v) is 2.77. The molecule has 0 radical (unpaired) electrons. The monoisotopic (exact) mass is 311 g/mol. The summed E-state index contributed by atoms with van der Waals surface area (Å²) in [6, 6.07) is 8.54. The largest absolute Gasteiger partial charge is 0.383 e. The summed E-state index contributed by atoms with van der Waals surface area (Å²) in [6.07, 6.45) is 6.60. The molecule has 0 aromatic heterocycles. The van der Waals surface area contributed by atoms with Gasteiger partial charge in [-0.25, -0.2) is 0 Å². The number of carbonyl (C=O) groups excluding carboxylic acids is 1. The van der Waals surface area contributed by atoms with Crippen molar-refractivity contribution in [3.05, 3.63) is 53.9 Å². The van der Waals surface area contributed by atoms with Gasteiger partial charge in [-0.1, -0.05) is 30.8 Å². The summed E-state index contributed by atoms with van der Waals surface area (Å²) in [5.74, 6) is 0. The second kappa shape index (κ2) is 8.32. The van der Waals surface area contributed by atoms with E-state index in [0.717, 1.165) is 43.6 Å². The van der Waals surface area contributed by atoms with E-state index >= 15 is 0 Å². The number of likely N-dealkylation sites (tertiary alicyclic amines) is 1. The second-order valence-electron chi connectivity index (χ2n) is 5.80. The lowest BCUT2D eigenvalue weighted by molar-refractivity contribution is -0.118. The Hall–Kier alpha value is -2.36. The number of nitrogens with one attached hydrogen (secondary N) is 1. The van der Waals surface area contributed by atoms with Crippen LogP contribution in [-0.4, -0.2) is 30.1 Å². The highest BCUT2D eigenvalue weighted by atomic mass is 16.1. The Balaban J connectivity index is 1.91. The standard InChI is InChI=1S/C19H25N3O/c1-4-20-12-15(2)18-9-7-17(8-10-18)13-21-16(3)19-6-5-11-22(19)14-23/h4,7-10,12,14,19,21H,3,5-6,11,13H2,1-2H3/b15-12+,20-4?.